The van der Waals surface area contributed by atoms with Crippen LogP contribution in [0.4, 0.5) is 16.2 Å². The highest BCUT2D eigenvalue weighted by molar-refractivity contribution is 6.31. The summed E-state index contributed by atoms with van der Waals surface area (Å²) in [6.07, 6.45) is 1.12. The maximum Gasteiger partial charge on any atom is 0.325 e. The highest BCUT2D eigenvalue weighted by atomic mass is 35.5. The number of anilines is 2. The molecule has 0 unspecified atom stereocenters. The number of urea groups is 1. The summed E-state index contributed by atoms with van der Waals surface area (Å²) < 4.78 is 0. The molecule has 0 saturated heterocycles. The first-order valence-electron chi connectivity index (χ1n) is 5.62. The SMILES string of the molecule is Cc1c(Cl)cccc1NC(=O)Nc1c[nH]c(=O)[nH]c1=O. The number of halogens is 1. The second-order valence-corrected chi connectivity index (χ2v) is 4.38. The Morgan fingerprint density at radius 1 is 1.20 bits per heavy atom. The Kier molecular flexibility index (Phi) is 3.90. The number of benzene rings is 1. The van der Waals surface area contributed by atoms with Crippen LogP contribution in [0.25, 0.3) is 0 Å². The minimum Gasteiger partial charge on any atom is -0.312 e. The zero-order valence-electron chi connectivity index (χ0n) is 10.4. The van der Waals surface area contributed by atoms with Gasteiger partial charge in [0, 0.05) is 16.9 Å². The van der Waals surface area contributed by atoms with Gasteiger partial charge in [0.05, 0.1) is 0 Å². The fourth-order valence-electron chi connectivity index (χ4n) is 1.52. The highest BCUT2D eigenvalue weighted by Crippen LogP contribution is 2.22. The number of carbonyl (C=O) groups is 1. The van der Waals surface area contributed by atoms with Crippen molar-refractivity contribution in [3.05, 3.63) is 55.8 Å². The molecule has 2 amide bonds. The number of hydrogen-bond donors (Lipinski definition) is 4. The van der Waals surface area contributed by atoms with E-state index in [-0.39, 0.29) is 5.69 Å². The molecule has 0 radical (unpaired) electrons. The van der Waals surface area contributed by atoms with E-state index in [1.54, 1.807) is 25.1 Å². The van der Waals surface area contributed by atoms with Gasteiger partial charge in [-0.05, 0) is 24.6 Å². The van der Waals surface area contributed by atoms with Crippen molar-refractivity contribution in [3.8, 4) is 0 Å². The minimum atomic E-state index is -0.688. The van der Waals surface area contributed by atoms with Crippen LogP contribution in [0.1, 0.15) is 5.56 Å². The molecule has 0 aliphatic rings. The predicted molar refractivity (Wildman–Crippen MR) is 76.5 cm³/mol. The van der Waals surface area contributed by atoms with Gasteiger partial charge in [0.2, 0.25) is 0 Å². The molecule has 1 aromatic heterocycles. The first kappa shape index (κ1) is 13.9. The van der Waals surface area contributed by atoms with Gasteiger partial charge in [0.25, 0.3) is 5.56 Å². The maximum atomic E-state index is 11.8. The molecule has 0 fully saturated rings. The van der Waals surface area contributed by atoms with Gasteiger partial charge in [-0.25, -0.2) is 9.59 Å². The lowest BCUT2D eigenvalue weighted by atomic mass is 10.2. The van der Waals surface area contributed by atoms with E-state index >= 15 is 0 Å². The van der Waals surface area contributed by atoms with E-state index in [9.17, 15) is 14.4 Å². The number of hydrogen-bond acceptors (Lipinski definition) is 3. The van der Waals surface area contributed by atoms with E-state index in [1.165, 1.54) is 0 Å². The summed E-state index contributed by atoms with van der Waals surface area (Å²) in [6.45, 7) is 1.75. The first-order valence-corrected chi connectivity index (χ1v) is 6.00. The molecule has 0 saturated carbocycles. The predicted octanol–water partition coefficient (Wildman–Crippen LogP) is 1.67. The second kappa shape index (κ2) is 5.62. The Labute approximate surface area is 118 Å². The van der Waals surface area contributed by atoms with Crippen molar-refractivity contribution in [1.29, 1.82) is 0 Å². The molecule has 1 heterocycles. The fraction of sp³-hybridized carbons (Fsp3) is 0.0833. The molecule has 0 aliphatic heterocycles. The Bertz CT molecular complexity index is 766. The number of amides is 2. The molecule has 0 aliphatic carbocycles. The number of H-pyrrole nitrogens is 2. The smallest absolute Gasteiger partial charge is 0.312 e. The van der Waals surface area contributed by atoms with Crippen molar-refractivity contribution < 1.29 is 4.79 Å². The Hall–Kier alpha value is -2.54. The maximum absolute atomic E-state index is 11.8. The number of aromatic nitrogens is 2. The van der Waals surface area contributed by atoms with Crippen LogP contribution in [0, 0.1) is 6.92 Å². The zero-order valence-corrected chi connectivity index (χ0v) is 11.2. The van der Waals surface area contributed by atoms with Crippen molar-refractivity contribution >= 4 is 29.0 Å². The quantitative estimate of drug-likeness (QED) is 0.676. The molecule has 8 heteroatoms. The third-order valence-electron chi connectivity index (χ3n) is 2.58. The summed E-state index contributed by atoms with van der Waals surface area (Å²) in [6, 6.07) is 4.45. The molecule has 2 rings (SSSR count). The van der Waals surface area contributed by atoms with Crippen molar-refractivity contribution in [2.45, 2.75) is 6.92 Å². The molecule has 4 N–H and O–H groups in total. The normalized spacial score (nSPS) is 10.1. The zero-order chi connectivity index (χ0) is 14.7. The monoisotopic (exact) mass is 294 g/mol. The second-order valence-electron chi connectivity index (χ2n) is 3.98. The van der Waals surface area contributed by atoms with Gasteiger partial charge in [-0.3, -0.25) is 9.78 Å². The number of carbonyl (C=O) groups excluding carboxylic acids is 1. The molecular weight excluding hydrogens is 284 g/mol. The number of rotatable bonds is 2. The summed E-state index contributed by atoms with van der Waals surface area (Å²) in [7, 11) is 0. The molecule has 1 aromatic carbocycles. The van der Waals surface area contributed by atoms with Crippen molar-refractivity contribution in [2.75, 3.05) is 10.6 Å². The van der Waals surface area contributed by atoms with Crippen LogP contribution in [0.15, 0.2) is 34.0 Å². The Morgan fingerprint density at radius 3 is 2.60 bits per heavy atom. The molecule has 0 bridgehead atoms. The summed E-state index contributed by atoms with van der Waals surface area (Å²) in [5.41, 5.74) is -0.171. The van der Waals surface area contributed by atoms with Gasteiger partial charge in [-0.15, -0.1) is 0 Å². The van der Waals surface area contributed by atoms with Crippen LogP contribution in [-0.4, -0.2) is 16.0 Å². The summed E-state index contributed by atoms with van der Waals surface area (Å²) in [4.78, 5) is 38.3. The van der Waals surface area contributed by atoms with Crippen molar-refractivity contribution in [1.82, 2.24) is 9.97 Å². The fourth-order valence-corrected chi connectivity index (χ4v) is 1.70. The van der Waals surface area contributed by atoms with Crippen LogP contribution in [0.5, 0.6) is 0 Å². The van der Waals surface area contributed by atoms with E-state index in [0.717, 1.165) is 6.20 Å². The highest BCUT2D eigenvalue weighted by Gasteiger charge is 2.08. The molecular formula is C12H11ClN4O3. The van der Waals surface area contributed by atoms with Crippen LogP contribution in [0.3, 0.4) is 0 Å². The van der Waals surface area contributed by atoms with Gasteiger partial charge in [0.1, 0.15) is 5.69 Å². The minimum absolute atomic E-state index is 0.0678. The van der Waals surface area contributed by atoms with E-state index < -0.39 is 17.3 Å². The summed E-state index contributed by atoms with van der Waals surface area (Å²) in [5.74, 6) is 0. The first-order chi connectivity index (χ1) is 9.47. The largest absolute Gasteiger partial charge is 0.325 e. The average molecular weight is 295 g/mol. The molecule has 20 heavy (non-hydrogen) atoms. The lowest BCUT2D eigenvalue weighted by molar-refractivity contribution is 0.262. The third-order valence-corrected chi connectivity index (χ3v) is 2.99. The molecule has 104 valence electrons. The molecule has 2 aromatic rings. The number of aromatic amines is 2. The Balaban J connectivity index is 2.15. The third kappa shape index (κ3) is 3.07. The van der Waals surface area contributed by atoms with E-state index in [0.29, 0.717) is 16.3 Å². The van der Waals surface area contributed by atoms with E-state index in [1.807, 2.05) is 4.98 Å². The van der Waals surface area contributed by atoms with E-state index in [2.05, 4.69) is 15.6 Å². The van der Waals surface area contributed by atoms with Crippen molar-refractivity contribution in [3.63, 3.8) is 0 Å². The van der Waals surface area contributed by atoms with Gasteiger partial charge in [-0.2, -0.15) is 0 Å². The molecule has 7 nitrogen and oxygen atoms in total. The van der Waals surface area contributed by atoms with Crippen LogP contribution in [-0.2, 0) is 0 Å². The van der Waals surface area contributed by atoms with Gasteiger partial charge in [-0.1, -0.05) is 17.7 Å². The van der Waals surface area contributed by atoms with Gasteiger partial charge < -0.3 is 15.6 Å². The lowest BCUT2D eigenvalue weighted by Crippen LogP contribution is -2.28. The van der Waals surface area contributed by atoms with E-state index in [4.69, 9.17) is 11.6 Å². The lowest BCUT2D eigenvalue weighted by Gasteiger charge is -2.10. The van der Waals surface area contributed by atoms with Crippen LogP contribution >= 0.6 is 11.6 Å². The van der Waals surface area contributed by atoms with Crippen LogP contribution < -0.4 is 21.9 Å². The van der Waals surface area contributed by atoms with Crippen LogP contribution in [0.2, 0.25) is 5.02 Å². The van der Waals surface area contributed by atoms with Gasteiger partial charge >= 0.3 is 11.7 Å². The summed E-state index contributed by atoms with van der Waals surface area (Å²) >= 11 is 5.93. The van der Waals surface area contributed by atoms with Crippen molar-refractivity contribution in [2.24, 2.45) is 0 Å². The average Bonchev–Trinajstić information content (AvgIpc) is 2.38. The van der Waals surface area contributed by atoms with Gasteiger partial charge in [0.15, 0.2) is 0 Å². The molecule has 0 spiro atoms. The Morgan fingerprint density at radius 2 is 1.90 bits per heavy atom. The standard InChI is InChI=1S/C12H11ClN4O3/c1-6-7(13)3-2-4-8(6)15-12(20)16-9-5-14-11(19)17-10(9)18/h2-5H,1H3,(H2,15,16,20)(H2,14,17,18,19). The topological polar surface area (TPSA) is 107 Å². The molecule has 0 atom stereocenters. The summed E-state index contributed by atoms with van der Waals surface area (Å²) in [5, 5.41) is 5.41. The number of nitrogens with one attached hydrogen (secondary N) is 4.